The van der Waals surface area contributed by atoms with Crippen LogP contribution in [0.1, 0.15) is 24.2 Å². The molecule has 0 aliphatic carbocycles. The van der Waals surface area contributed by atoms with Gasteiger partial charge in [-0.15, -0.1) is 0 Å². The maximum absolute atomic E-state index is 12.3. The van der Waals surface area contributed by atoms with Gasteiger partial charge in [0.2, 0.25) is 17.8 Å². The van der Waals surface area contributed by atoms with Crippen LogP contribution in [-0.2, 0) is 9.47 Å². The molecule has 0 fully saturated rings. The third kappa shape index (κ3) is 5.16. The van der Waals surface area contributed by atoms with E-state index < -0.39 is 12.1 Å². The van der Waals surface area contributed by atoms with Gasteiger partial charge in [0, 0.05) is 18.8 Å². The molecule has 0 aliphatic heterocycles. The Labute approximate surface area is 136 Å². The summed E-state index contributed by atoms with van der Waals surface area (Å²) in [6, 6.07) is 3.10. The van der Waals surface area contributed by atoms with Gasteiger partial charge in [0.25, 0.3) is 0 Å². The monoisotopic (exact) mass is 322 g/mol. The SMILES string of the molecule is CCOC(C#CC(=O)c1cc(OC)c(OC)c(OC)c1)OCC. The maximum Gasteiger partial charge on any atom is 0.236 e. The predicted molar refractivity (Wildman–Crippen MR) is 85.2 cm³/mol. The summed E-state index contributed by atoms with van der Waals surface area (Å²) < 4.78 is 26.2. The fourth-order valence-electron chi connectivity index (χ4n) is 1.84. The molecule has 0 aliphatic rings. The Kier molecular flexibility index (Phi) is 7.95. The Morgan fingerprint density at radius 2 is 1.52 bits per heavy atom. The molecule has 0 heterocycles. The Bertz CT molecular complexity index is 553. The van der Waals surface area contributed by atoms with Crippen LogP contribution >= 0.6 is 0 Å². The van der Waals surface area contributed by atoms with Crippen molar-refractivity contribution in [1.82, 2.24) is 0 Å². The summed E-state index contributed by atoms with van der Waals surface area (Å²) in [6.07, 6.45) is -0.726. The zero-order chi connectivity index (χ0) is 17.2. The van der Waals surface area contributed by atoms with E-state index in [0.717, 1.165) is 0 Å². The minimum Gasteiger partial charge on any atom is -0.493 e. The highest BCUT2D eigenvalue weighted by molar-refractivity contribution is 6.09. The Balaban J connectivity index is 3.09. The lowest BCUT2D eigenvalue weighted by Crippen LogP contribution is -2.15. The normalized spacial score (nSPS) is 10.0. The summed E-state index contributed by atoms with van der Waals surface area (Å²) in [5.74, 6) is 5.99. The standard InChI is InChI=1S/C17H22O6/c1-6-22-16(23-7-2)9-8-13(18)12-10-14(19-3)17(21-5)15(11-12)20-4/h10-11,16H,6-7H2,1-5H3. The van der Waals surface area contributed by atoms with Crippen molar-refractivity contribution in [1.29, 1.82) is 0 Å². The van der Waals surface area contributed by atoms with Crippen LogP contribution in [0, 0.1) is 11.8 Å². The minimum atomic E-state index is -0.726. The first kappa shape index (κ1) is 18.8. The zero-order valence-corrected chi connectivity index (χ0v) is 14.1. The van der Waals surface area contributed by atoms with Crippen molar-refractivity contribution < 1.29 is 28.5 Å². The van der Waals surface area contributed by atoms with Gasteiger partial charge in [0.15, 0.2) is 11.5 Å². The first-order valence-electron chi connectivity index (χ1n) is 7.20. The highest BCUT2D eigenvalue weighted by Crippen LogP contribution is 2.38. The Morgan fingerprint density at radius 3 is 1.91 bits per heavy atom. The average molecular weight is 322 g/mol. The fourth-order valence-corrected chi connectivity index (χ4v) is 1.84. The Hall–Kier alpha value is -2.23. The molecule has 1 aromatic carbocycles. The number of ketones is 1. The van der Waals surface area contributed by atoms with E-state index in [1.54, 1.807) is 12.1 Å². The molecule has 0 unspecified atom stereocenters. The molecule has 6 nitrogen and oxygen atoms in total. The van der Waals surface area contributed by atoms with Gasteiger partial charge >= 0.3 is 0 Å². The number of hydrogen-bond donors (Lipinski definition) is 0. The molecule has 0 saturated carbocycles. The van der Waals surface area contributed by atoms with Gasteiger partial charge in [-0.2, -0.15) is 0 Å². The highest BCUT2D eigenvalue weighted by Gasteiger charge is 2.16. The first-order chi connectivity index (χ1) is 11.1. The van der Waals surface area contributed by atoms with Crippen molar-refractivity contribution in [3.05, 3.63) is 17.7 Å². The summed E-state index contributed by atoms with van der Waals surface area (Å²) in [6.45, 7) is 4.54. The summed E-state index contributed by atoms with van der Waals surface area (Å²) in [5.41, 5.74) is 0.332. The second-order valence-electron chi connectivity index (χ2n) is 4.26. The van der Waals surface area contributed by atoms with Gasteiger partial charge < -0.3 is 23.7 Å². The van der Waals surface area contributed by atoms with Crippen molar-refractivity contribution in [3.63, 3.8) is 0 Å². The number of methoxy groups -OCH3 is 3. The van der Waals surface area contributed by atoms with Crippen LogP contribution in [0.4, 0.5) is 0 Å². The molecular weight excluding hydrogens is 300 g/mol. The molecule has 0 amide bonds. The average Bonchev–Trinajstić information content (AvgIpc) is 2.58. The molecule has 1 rings (SSSR count). The number of Topliss-reactive ketones (excluding diaryl/α,β-unsaturated/α-hetero) is 1. The molecule has 126 valence electrons. The number of hydrogen-bond acceptors (Lipinski definition) is 6. The van der Waals surface area contributed by atoms with Crippen molar-refractivity contribution in [2.24, 2.45) is 0 Å². The van der Waals surface area contributed by atoms with E-state index in [0.29, 0.717) is 36.0 Å². The van der Waals surface area contributed by atoms with E-state index in [1.165, 1.54) is 21.3 Å². The van der Waals surface area contributed by atoms with Gasteiger partial charge in [0.05, 0.1) is 21.3 Å². The lowest BCUT2D eigenvalue weighted by Gasteiger charge is -2.13. The van der Waals surface area contributed by atoms with E-state index in [9.17, 15) is 4.79 Å². The molecule has 0 N–H and O–H groups in total. The van der Waals surface area contributed by atoms with Crippen molar-refractivity contribution in [3.8, 4) is 29.1 Å². The van der Waals surface area contributed by atoms with Gasteiger partial charge in [-0.05, 0) is 37.8 Å². The van der Waals surface area contributed by atoms with Crippen LogP contribution in [0.25, 0.3) is 0 Å². The molecule has 0 aromatic heterocycles. The molecule has 0 radical (unpaired) electrons. The van der Waals surface area contributed by atoms with Crippen molar-refractivity contribution in [2.75, 3.05) is 34.5 Å². The van der Waals surface area contributed by atoms with Crippen molar-refractivity contribution >= 4 is 5.78 Å². The molecular formula is C17H22O6. The summed E-state index contributed by atoms with van der Waals surface area (Å²) in [5, 5.41) is 0. The Morgan fingerprint density at radius 1 is 1.00 bits per heavy atom. The molecule has 23 heavy (non-hydrogen) atoms. The number of carbonyl (C=O) groups excluding carboxylic acids is 1. The highest BCUT2D eigenvalue weighted by atomic mass is 16.7. The van der Waals surface area contributed by atoms with Gasteiger partial charge in [-0.25, -0.2) is 0 Å². The van der Waals surface area contributed by atoms with E-state index in [-0.39, 0.29) is 0 Å². The third-order valence-electron chi connectivity index (χ3n) is 2.87. The fraction of sp³-hybridized carbons (Fsp3) is 0.471. The van der Waals surface area contributed by atoms with Crippen LogP contribution in [0.5, 0.6) is 17.2 Å². The summed E-state index contributed by atoms with van der Waals surface area (Å²) in [7, 11) is 4.46. The quantitative estimate of drug-likeness (QED) is 0.317. The molecule has 0 atom stereocenters. The van der Waals surface area contributed by atoms with Crippen LogP contribution < -0.4 is 14.2 Å². The van der Waals surface area contributed by atoms with Crippen molar-refractivity contribution in [2.45, 2.75) is 20.1 Å². The number of rotatable bonds is 8. The molecule has 0 spiro atoms. The number of benzene rings is 1. The van der Waals surface area contributed by atoms with E-state index in [4.69, 9.17) is 23.7 Å². The largest absolute Gasteiger partial charge is 0.493 e. The zero-order valence-electron chi connectivity index (χ0n) is 14.1. The molecule has 0 bridgehead atoms. The van der Waals surface area contributed by atoms with Gasteiger partial charge in [-0.1, -0.05) is 0 Å². The van der Waals surface area contributed by atoms with Crippen LogP contribution in [0.3, 0.4) is 0 Å². The molecule has 6 heteroatoms. The second kappa shape index (κ2) is 9.72. The topological polar surface area (TPSA) is 63.2 Å². The van der Waals surface area contributed by atoms with E-state index >= 15 is 0 Å². The second-order valence-corrected chi connectivity index (χ2v) is 4.26. The van der Waals surface area contributed by atoms with E-state index in [2.05, 4.69) is 11.8 Å². The maximum atomic E-state index is 12.3. The van der Waals surface area contributed by atoms with Gasteiger partial charge in [0.1, 0.15) is 0 Å². The van der Waals surface area contributed by atoms with E-state index in [1.807, 2.05) is 13.8 Å². The summed E-state index contributed by atoms with van der Waals surface area (Å²) in [4.78, 5) is 12.3. The lowest BCUT2D eigenvalue weighted by atomic mass is 10.1. The third-order valence-corrected chi connectivity index (χ3v) is 2.87. The van der Waals surface area contributed by atoms with Crippen LogP contribution in [0.15, 0.2) is 12.1 Å². The summed E-state index contributed by atoms with van der Waals surface area (Å²) >= 11 is 0. The van der Waals surface area contributed by atoms with Gasteiger partial charge in [-0.3, -0.25) is 4.79 Å². The first-order valence-corrected chi connectivity index (χ1v) is 7.20. The smallest absolute Gasteiger partial charge is 0.236 e. The molecule has 0 saturated heterocycles. The molecule has 1 aromatic rings. The number of carbonyl (C=O) groups is 1. The minimum absolute atomic E-state index is 0.332. The predicted octanol–water partition coefficient (Wildman–Crippen LogP) is 2.30. The number of ether oxygens (including phenoxy) is 5. The lowest BCUT2D eigenvalue weighted by molar-refractivity contribution is -0.0970. The van der Waals surface area contributed by atoms with Crippen LogP contribution in [-0.4, -0.2) is 46.6 Å². The van der Waals surface area contributed by atoms with Crippen LogP contribution in [0.2, 0.25) is 0 Å².